The number of rotatable bonds is 7. The minimum Gasteiger partial charge on any atom is -0.507 e. The third-order valence-electron chi connectivity index (χ3n) is 7.18. The van der Waals surface area contributed by atoms with Crippen LogP contribution in [0.2, 0.25) is 0 Å². The fraction of sp³-hybridized carbons (Fsp3) is 0.212. The van der Waals surface area contributed by atoms with Gasteiger partial charge in [-0.3, -0.25) is 4.79 Å². The van der Waals surface area contributed by atoms with E-state index in [1.807, 2.05) is 66.7 Å². The van der Waals surface area contributed by atoms with E-state index in [0.29, 0.717) is 6.42 Å². The summed E-state index contributed by atoms with van der Waals surface area (Å²) in [6.45, 7) is 0. The highest BCUT2D eigenvalue weighted by Crippen LogP contribution is 2.54. The van der Waals surface area contributed by atoms with Crippen LogP contribution >= 0.6 is 0 Å². The summed E-state index contributed by atoms with van der Waals surface area (Å²) in [7, 11) is 0. The van der Waals surface area contributed by atoms with Crippen molar-refractivity contribution in [1.29, 1.82) is 0 Å². The van der Waals surface area contributed by atoms with Gasteiger partial charge in [-0.25, -0.2) is 4.79 Å². The number of phenols is 2. The van der Waals surface area contributed by atoms with Crippen molar-refractivity contribution in [1.82, 2.24) is 0 Å². The van der Waals surface area contributed by atoms with E-state index in [0.717, 1.165) is 17.2 Å². The molecule has 8 nitrogen and oxygen atoms in total. The molecule has 208 valence electrons. The Morgan fingerprint density at radius 1 is 0.976 bits per heavy atom. The van der Waals surface area contributed by atoms with Gasteiger partial charge >= 0.3 is 5.97 Å². The summed E-state index contributed by atoms with van der Waals surface area (Å²) >= 11 is 0. The second-order valence-corrected chi connectivity index (χ2v) is 10.1. The molecule has 8 heteroatoms. The van der Waals surface area contributed by atoms with Gasteiger partial charge in [-0.1, -0.05) is 78.9 Å². The highest BCUT2D eigenvalue weighted by Gasteiger charge is 2.51. The van der Waals surface area contributed by atoms with Crippen molar-refractivity contribution in [2.24, 2.45) is 0 Å². The van der Waals surface area contributed by atoms with Gasteiger partial charge in [-0.2, -0.15) is 0 Å². The Morgan fingerprint density at radius 2 is 1.68 bits per heavy atom. The first-order valence-electron chi connectivity index (χ1n) is 13.4. The Morgan fingerprint density at radius 3 is 2.39 bits per heavy atom. The molecule has 0 spiro atoms. The highest BCUT2D eigenvalue weighted by molar-refractivity contribution is 6.11. The number of allylic oxidation sites excluding steroid dienone is 1. The van der Waals surface area contributed by atoms with Crippen molar-refractivity contribution in [3.05, 3.63) is 113 Å². The summed E-state index contributed by atoms with van der Waals surface area (Å²) in [5.41, 5.74) is 1.84. The van der Waals surface area contributed by atoms with Crippen molar-refractivity contribution >= 4 is 23.9 Å². The fourth-order valence-electron chi connectivity index (χ4n) is 5.28. The highest BCUT2D eigenvalue weighted by atomic mass is 16.8. The molecule has 2 N–H and O–H groups in total. The number of benzene rings is 3. The van der Waals surface area contributed by atoms with E-state index < -0.39 is 41.8 Å². The zero-order valence-corrected chi connectivity index (χ0v) is 22.0. The van der Waals surface area contributed by atoms with E-state index in [1.54, 1.807) is 18.2 Å². The zero-order chi connectivity index (χ0) is 28.4. The summed E-state index contributed by atoms with van der Waals surface area (Å²) in [5.74, 6) is -3.05. The minimum absolute atomic E-state index is 0.00958. The molecule has 0 aliphatic carbocycles. The van der Waals surface area contributed by atoms with Crippen LogP contribution in [0, 0.1) is 0 Å². The monoisotopic (exact) mass is 552 g/mol. The Bertz CT molecular complexity index is 1540. The number of hydrogen-bond donors (Lipinski definition) is 2. The molecule has 3 aliphatic rings. The molecule has 3 aromatic carbocycles. The van der Waals surface area contributed by atoms with Crippen LogP contribution in [-0.4, -0.2) is 40.1 Å². The lowest BCUT2D eigenvalue weighted by Gasteiger charge is -2.47. The van der Waals surface area contributed by atoms with Crippen LogP contribution in [-0.2, 0) is 19.0 Å². The first-order valence-corrected chi connectivity index (χ1v) is 13.4. The maximum absolute atomic E-state index is 13.4. The summed E-state index contributed by atoms with van der Waals surface area (Å²) in [5, 5.41) is 21.7. The third kappa shape index (κ3) is 5.66. The Labute approximate surface area is 236 Å². The van der Waals surface area contributed by atoms with E-state index in [9.17, 15) is 19.8 Å². The normalized spacial score (nSPS) is 25.1. The summed E-state index contributed by atoms with van der Waals surface area (Å²) in [6, 6.07) is 20.0. The molecule has 2 bridgehead atoms. The molecular formula is C33H28O8. The first kappa shape index (κ1) is 26.6. The standard InChI is InChI=1S/C33H28O8/c34-24(15-14-21-8-3-1-4-9-21)30-25(35)19-26(36)31-27-20-33(41-32(30)31,17-16-22-10-5-2-6-11-22)40-29(39-27)18-23-12-7-13-28(37)38-23/h1-11,13-17,19,23,27,29,35-36H,12,18,20H2. The number of carbonyl (C=O) groups is 2. The van der Waals surface area contributed by atoms with Crippen LogP contribution in [0.15, 0.2) is 91.0 Å². The van der Waals surface area contributed by atoms with Crippen molar-refractivity contribution in [3.63, 3.8) is 0 Å². The van der Waals surface area contributed by atoms with Gasteiger partial charge in [0.05, 0.1) is 11.7 Å². The molecule has 0 aromatic heterocycles. The van der Waals surface area contributed by atoms with E-state index in [4.69, 9.17) is 18.9 Å². The van der Waals surface area contributed by atoms with Gasteiger partial charge < -0.3 is 29.2 Å². The van der Waals surface area contributed by atoms with Crippen LogP contribution in [0.4, 0.5) is 0 Å². The number of ketones is 1. The topological polar surface area (TPSA) is 112 Å². The molecule has 1 saturated heterocycles. The Balaban J connectivity index is 1.38. The molecule has 6 rings (SSSR count). The molecule has 0 amide bonds. The van der Waals surface area contributed by atoms with Gasteiger partial charge in [0.15, 0.2) is 12.1 Å². The average Bonchev–Trinajstić information content (AvgIpc) is 2.96. The largest absolute Gasteiger partial charge is 0.507 e. The molecule has 3 aliphatic heterocycles. The number of hydrogen-bond acceptors (Lipinski definition) is 8. The molecule has 0 radical (unpaired) electrons. The minimum atomic E-state index is -1.40. The smallest absolute Gasteiger partial charge is 0.330 e. The van der Waals surface area contributed by atoms with Gasteiger partial charge in [0.1, 0.15) is 28.9 Å². The van der Waals surface area contributed by atoms with E-state index in [2.05, 4.69) is 0 Å². The average molecular weight is 553 g/mol. The van der Waals surface area contributed by atoms with Crippen molar-refractivity contribution in [2.45, 2.75) is 43.5 Å². The number of ether oxygens (including phenoxy) is 4. The number of fused-ring (bicyclic) bond motifs is 4. The van der Waals surface area contributed by atoms with Crippen LogP contribution in [0.3, 0.4) is 0 Å². The number of aromatic hydroxyl groups is 2. The number of esters is 1. The van der Waals surface area contributed by atoms with Crippen molar-refractivity contribution < 1.29 is 38.7 Å². The number of cyclic esters (lactones) is 1. The van der Waals surface area contributed by atoms with E-state index >= 15 is 0 Å². The van der Waals surface area contributed by atoms with Gasteiger partial charge in [-0.15, -0.1) is 0 Å². The quantitative estimate of drug-likeness (QED) is 0.213. The van der Waals surface area contributed by atoms with Gasteiger partial charge in [0.25, 0.3) is 0 Å². The molecule has 0 saturated carbocycles. The van der Waals surface area contributed by atoms with Crippen molar-refractivity contribution in [3.8, 4) is 17.2 Å². The summed E-state index contributed by atoms with van der Waals surface area (Å²) < 4.78 is 24.5. The predicted molar refractivity (Wildman–Crippen MR) is 150 cm³/mol. The summed E-state index contributed by atoms with van der Waals surface area (Å²) in [6.07, 6.45) is 8.56. The van der Waals surface area contributed by atoms with Gasteiger partial charge in [0.2, 0.25) is 5.79 Å². The first-order chi connectivity index (χ1) is 19.9. The summed E-state index contributed by atoms with van der Waals surface area (Å²) in [4.78, 5) is 25.2. The Kier molecular flexibility index (Phi) is 7.17. The molecule has 3 aromatic rings. The van der Waals surface area contributed by atoms with Crippen LogP contribution < -0.4 is 4.74 Å². The fourth-order valence-corrected chi connectivity index (χ4v) is 5.28. The van der Waals surface area contributed by atoms with E-state index in [1.165, 1.54) is 12.2 Å². The lowest BCUT2D eigenvalue weighted by atomic mass is 9.90. The number of carbonyl (C=O) groups excluding carboxylic acids is 2. The molecule has 4 unspecified atom stereocenters. The van der Waals surface area contributed by atoms with Gasteiger partial charge in [0, 0.05) is 31.4 Å². The van der Waals surface area contributed by atoms with Crippen LogP contribution in [0.1, 0.15) is 52.4 Å². The van der Waals surface area contributed by atoms with E-state index in [-0.39, 0.29) is 35.5 Å². The van der Waals surface area contributed by atoms with Crippen LogP contribution in [0.25, 0.3) is 12.2 Å². The lowest BCUT2D eigenvalue weighted by molar-refractivity contribution is -0.336. The molecular weight excluding hydrogens is 524 g/mol. The molecule has 3 heterocycles. The van der Waals surface area contributed by atoms with Crippen LogP contribution in [0.5, 0.6) is 17.2 Å². The molecule has 1 fully saturated rings. The number of phenolic OH excluding ortho intramolecular Hbond substituents is 2. The van der Waals surface area contributed by atoms with Crippen molar-refractivity contribution in [2.75, 3.05) is 0 Å². The third-order valence-corrected chi connectivity index (χ3v) is 7.18. The zero-order valence-electron chi connectivity index (χ0n) is 22.0. The Hall–Kier alpha value is -4.66. The SMILES string of the molecule is O=C1C=CCC(CC2OC3CC(C=Cc4ccccc4)(Oc4c(C(=O)C=Cc5ccccc5)c(O)cc(O)c43)O2)O1. The maximum atomic E-state index is 13.4. The second kappa shape index (κ2) is 11.1. The molecule has 41 heavy (non-hydrogen) atoms. The second-order valence-electron chi connectivity index (χ2n) is 10.1. The molecule has 4 atom stereocenters. The maximum Gasteiger partial charge on any atom is 0.330 e. The lowest BCUT2D eigenvalue weighted by Crippen LogP contribution is -2.51. The van der Waals surface area contributed by atoms with Gasteiger partial charge in [-0.05, 0) is 23.3 Å². The predicted octanol–water partition coefficient (Wildman–Crippen LogP) is 5.86.